The fraction of sp³-hybridized carbons (Fsp3) is 0.812. The minimum Gasteiger partial charge on any atom is -0.316 e. The van der Waals surface area contributed by atoms with Gasteiger partial charge in [-0.1, -0.05) is 27.7 Å². The summed E-state index contributed by atoms with van der Waals surface area (Å²) in [5, 5.41) is 8.19. The van der Waals surface area contributed by atoms with Crippen molar-refractivity contribution < 1.29 is 0 Å². The van der Waals surface area contributed by atoms with Gasteiger partial charge >= 0.3 is 0 Å². The van der Waals surface area contributed by atoms with Crippen LogP contribution in [0.15, 0.2) is 12.3 Å². The normalized spacial score (nSPS) is 15.2. The van der Waals surface area contributed by atoms with Gasteiger partial charge in [0, 0.05) is 12.2 Å². The van der Waals surface area contributed by atoms with E-state index in [1.54, 1.807) is 0 Å². The van der Waals surface area contributed by atoms with Crippen molar-refractivity contribution in [2.45, 2.75) is 54.0 Å². The van der Waals surface area contributed by atoms with E-state index in [9.17, 15) is 0 Å². The van der Waals surface area contributed by atoms with Crippen molar-refractivity contribution in [3.63, 3.8) is 0 Å². The first-order valence-corrected chi connectivity index (χ1v) is 7.64. The van der Waals surface area contributed by atoms with Crippen LogP contribution in [0, 0.1) is 17.8 Å². The highest BCUT2D eigenvalue weighted by Crippen LogP contribution is 2.16. The summed E-state index contributed by atoms with van der Waals surface area (Å²) in [4.78, 5) is 0. The lowest BCUT2D eigenvalue weighted by Crippen LogP contribution is -2.28. The molecule has 1 aromatic rings. The van der Waals surface area contributed by atoms with E-state index in [1.165, 1.54) is 5.69 Å². The third-order valence-corrected chi connectivity index (χ3v) is 3.71. The van der Waals surface area contributed by atoms with E-state index < -0.39 is 0 Å². The second kappa shape index (κ2) is 7.68. The van der Waals surface area contributed by atoms with Crippen LogP contribution < -0.4 is 5.32 Å². The molecule has 0 radical (unpaired) electrons. The van der Waals surface area contributed by atoms with Crippen LogP contribution in [-0.4, -0.2) is 22.9 Å². The van der Waals surface area contributed by atoms with E-state index in [1.807, 2.05) is 4.68 Å². The Labute approximate surface area is 118 Å². The zero-order chi connectivity index (χ0) is 14.4. The van der Waals surface area contributed by atoms with Crippen LogP contribution in [0.2, 0.25) is 0 Å². The van der Waals surface area contributed by atoms with Gasteiger partial charge in [-0.2, -0.15) is 5.10 Å². The molecule has 1 rings (SSSR count). The van der Waals surface area contributed by atoms with E-state index in [-0.39, 0.29) is 0 Å². The maximum atomic E-state index is 4.64. The summed E-state index contributed by atoms with van der Waals surface area (Å²) in [6.07, 6.45) is 3.17. The number of nitrogens with one attached hydrogen (secondary N) is 1. The Morgan fingerprint density at radius 3 is 2.26 bits per heavy atom. The molecule has 0 aromatic carbocycles. The summed E-state index contributed by atoms with van der Waals surface area (Å²) in [5.74, 6) is 2.07. The summed E-state index contributed by atoms with van der Waals surface area (Å²) in [5.41, 5.74) is 1.22. The molecule has 110 valence electrons. The molecule has 3 heteroatoms. The molecule has 3 nitrogen and oxygen atoms in total. The van der Waals surface area contributed by atoms with E-state index >= 15 is 0 Å². The Hall–Kier alpha value is -0.830. The molecule has 0 aliphatic rings. The minimum atomic E-state index is 0.453. The van der Waals surface area contributed by atoms with Crippen LogP contribution in [-0.2, 0) is 6.42 Å². The smallest absolute Gasteiger partial charge is 0.0627 e. The Kier molecular flexibility index (Phi) is 6.56. The number of aromatic nitrogens is 2. The van der Waals surface area contributed by atoms with Crippen molar-refractivity contribution in [1.82, 2.24) is 15.1 Å². The maximum absolute atomic E-state index is 4.64. The lowest BCUT2D eigenvalue weighted by Gasteiger charge is -2.20. The second-order valence-corrected chi connectivity index (χ2v) is 6.59. The SMILES string of the molecule is CC(C)CNCC(C)C(C)Cc1ccn(C(C)C)n1. The number of nitrogens with zero attached hydrogens (tertiary/aromatic N) is 2. The van der Waals surface area contributed by atoms with Gasteiger partial charge in [0.2, 0.25) is 0 Å². The fourth-order valence-corrected chi connectivity index (χ4v) is 2.11. The molecule has 19 heavy (non-hydrogen) atoms. The standard InChI is InChI=1S/C16H31N3/c1-12(2)10-17-11-15(6)14(5)9-16-7-8-19(18-16)13(3)4/h7-8,12-15,17H,9-11H2,1-6H3. The molecular weight excluding hydrogens is 234 g/mol. The summed E-state index contributed by atoms with van der Waals surface area (Å²) in [6, 6.07) is 2.61. The monoisotopic (exact) mass is 265 g/mol. The third kappa shape index (κ3) is 5.77. The molecule has 0 amide bonds. The van der Waals surface area contributed by atoms with Gasteiger partial charge < -0.3 is 5.32 Å². The summed E-state index contributed by atoms with van der Waals surface area (Å²) in [7, 11) is 0. The van der Waals surface area contributed by atoms with E-state index in [2.05, 4.69) is 64.2 Å². The first-order valence-electron chi connectivity index (χ1n) is 7.64. The molecular formula is C16H31N3. The minimum absolute atomic E-state index is 0.453. The van der Waals surface area contributed by atoms with Gasteiger partial charge in [0.1, 0.15) is 0 Å². The summed E-state index contributed by atoms with van der Waals surface area (Å²) in [6.45, 7) is 15.7. The van der Waals surface area contributed by atoms with Crippen LogP contribution in [0.5, 0.6) is 0 Å². The van der Waals surface area contributed by atoms with Crippen molar-refractivity contribution in [3.8, 4) is 0 Å². The second-order valence-electron chi connectivity index (χ2n) is 6.59. The van der Waals surface area contributed by atoms with Gasteiger partial charge in [-0.15, -0.1) is 0 Å². The van der Waals surface area contributed by atoms with Gasteiger partial charge in [0.25, 0.3) is 0 Å². The zero-order valence-electron chi connectivity index (χ0n) is 13.5. The van der Waals surface area contributed by atoms with Crippen LogP contribution in [0.3, 0.4) is 0 Å². The van der Waals surface area contributed by atoms with E-state index in [0.717, 1.165) is 25.4 Å². The molecule has 0 aliphatic carbocycles. The highest BCUT2D eigenvalue weighted by atomic mass is 15.3. The lowest BCUT2D eigenvalue weighted by molar-refractivity contribution is 0.353. The Morgan fingerprint density at radius 1 is 1.05 bits per heavy atom. The van der Waals surface area contributed by atoms with Crippen LogP contribution in [0.4, 0.5) is 0 Å². The molecule has 0 fully saturated rings. The zero-order valence-corrected chi connectivity index (χ0v) is 13.5. The molecule has 1 heterocycles. The molecule has 0 saturated heterocycles. The van der Waals surface area contributed by atoms with Crippen LogP contribution in [0.25, 0.3) is 0 Å². The molecule has 1 aromatic heterocycles. The molecule has 0 spiro atoms. The first kappa shape index (κ1) is 16.2. The predicted molar refractivity (Wildman–Crippen MR) is 82.4 cm³/mol. The highest BCUT2D eigenvalue weighted by molar-refractivity contribution is 5.01. The van der Waals surface area contributed by atoms with Crippen molar-refractivity contribution in [2.24, 2.45) is 17.8 Å². The Bertz CT molecular complexity index is 355. The topological polar surface area (TPSA) is 29.9 Å². The average Bonchev–Trinajstić information content (AvgIpc) is 2.76. The van der Waals surface area contributed by atoms with Gasteiger partial charge in [0.05, 0.1) is 5.69 Å². The molecule has 1 N–H and O–H groups in total. The lowest BCUT2D eigenvalue weighted by atomic mass is 9.91. The largest absolute Gasteiger partial charge is 0.316 e. The first-order chi connectivity index (χ1) is 8.90. The Morgan fingerprint density at radius 2 is 1.74 bits per heavy atom. The third-order valence-electron chi connectivity index (χ3n) is 3.71. The van der Waals surface area contributed by atoms with Gasteiger partial charge in [-0.25, -0.2) is 0 Å². The molecule has 0 bridgehead atoms. The quantitative estimate of drug-likeness (QED) is 0.779. The maximum Gasteiger partial charge on any atom is 0.0627 e. The molecule has 2 unspecified atom stereocenters. The van der Waals surface area contributed by atoms with Gasteiger partial charge in [-0.3, -0.25) is 4.68 Å². The predicted octanol–water partition coefficient (Wildman–Crippen LogP) is 3.52. The van der Waals surface area contributed by atoms with Crippen molar-refractivity contribution in [2.75, 3.05) is 13.1 Å². The van der Waals surface area contributed by atoms with E-state index in [0.29, 0.717) is 17.9 Å². The summed E-state index contributed by atoms with van der Waals surface area (Å²) >= 11 is 0. The van der Waals surface area contributed by atoms with Gasteiger partial charge in [0.15, 0.2) is 0 Å². The molecule has 2 atom stereocenters. The van der Waals surface area contributed by atoms with Crippen molar-refractivity contribution >= 4 is 0 Å². The molecule has 0 saturated carbocycles. The Balaban J connectivity index is 2.38. The summed E-state index contributed by atoms with van der Waals surface area (Å²) < 4.78 is 2.05. The van der Waals surface area contributed by atoms with Crippen molar-refractivity contribution in [1.29, 1.82) is 0 Å². The average molecular weight is 265 g/mol. The number of hydrogen-bond donors (Lipinski definition) is 1. The molecule has 0 aliphatic heterocycles. The number of hydrogen-bond acceptors (Lipinski definition) is 2. The van der Waals surface area contributed by atoms with Gasteiger partial charge in [-0.05, 0) is 57.2 Å². The van der Waals surface area contributed by atoms with E-state index in [4.69, 9.17) is 0 Å². The fourth-order valence-electron chi connectivity index (χ4n) is 2.11. The van der Waals surface area contributed by atoms with Crippen LogP contribution >= 0.6 is 0 Å². The van der Waals surface area contributed by atoms with Crippen molar-refractivity contribution in [3.05, 3.63) is 18.0 Å². The van der Waals surface area contributed by atoms with Crippen LogP contribution in [0.1, 0.15) is 53.3 Å². The number of rotatable bonds is 8. The highest BCUT2D eigenvalue weighted by Gasteiger charge is 2.14.